The van der Waals surface area contributed by atoms with Crippen LogP contribution in [-0.2, 0) is 0 Å². The molecule has 0 saturated heterocycles. The second kappa shape index (κ2) is 7.11. The molecule has 0 aliphatic rings. The number of carbonyl (C=O) groups excluding carboxylic acids is 1. The first-order chi connectivity index (χ1) is 12.0. The van der Waals surface area contributed by atoms with Gasteiger partial charge < -0.3 is 5.32 Å². The number of benzene rings is 2. The van der Waals surface area contributed by atoms with E-state index in [0.29, 0.717) is 22.6 Å². The van der Waals surface area contributed by atoms with Gasteiger partial charge in [0.25, 0.3) is 5.91 Å². The van der Waals surface area contributed by atoms with Gasteiger partial charge in [0.15, 0.2) is 0 Å². The molecule has 128 valence electrons. The maximum Gasteiger partial charge on any atom is 0.259 e. The molecule has 6 heteroatoms. The van der Waals surface area contributed by atoms with Gasteiger partial charge in [-0.2, -0.15) is 5.10 Å². The highest BCUT2D eigenvalue weighted by Gasteiger charge is 2.19. The number of aromatic nitrogens is 2. The highest BCUT2D eigenvalue weighted by molar-refractivity contribution is 7.98. The van der Waals surface area contributed by atoms with Crippen LogP contribution in [0, 0.1) is 19.7 Å². The second-order valence-electron chi connectivity index (χ2n) is 5.62. The van der Waals surface area contributed by atoms with E-state index >= 15 is 0 Å². The van der Waals surface area contributed by atoms with Crippen LogP contribution in [0.1, 0.15) is 21.7 Å². The predicted molar refractivity (Wildman–Crippen MR) is 99.2 cm³/mol. The zero-order chi connectivity index (χ0) is 18.0. The number of anilines is 1. The summed E-state index contributed by atoms with van der Waals surface area (Å²) in [5, 5.41) is 7.33. The molecule has 0 unspecified atom stereocenters. The molecule has 0 radical (unpaired) electrons. The van der Waals surface area contributed by atoms with E-state index in [2.05, 4.69) is 10.4 Å². The largest absolute Gasteiger partial charge is 0.322 e. The molecule has 2 aromatic carbocycles. The van der Waals surface area contributed by atoms with Crippen LogP contribution in [-0.4, -0.2) is 21.9 Å². The number of rotatable bonds is 4. The Morgan fingerprint density at radius 2 is 1.72 bits per heavy atom. The fourth-order valence-electron chi connectivity index (χ4n) is 2.67. The molecule has 0 aliphatic heterocycles. The Labute approximate surface area is 150 Å². The highest BCUT2D eigenvalue weighted by Crippen LogP contribution is 2.21. The van der Waals surface area contributed by atoms with Crippen LogP contribution in [0.15, 0.2) is 53.4 Å². The summed E-state index contributed by atoms with van der Waals surface area (Å²) in [6.45, 7) is 3.62. The number of nitrogens with one attached hydrogen (secondary N) is 1. The SMILES string of the molecule is CSc1ccc(NC(=O)c2c(C)nn(-c3ccc(F)cc3)c2C)cc1. The van der Waals surface area contributed by atoms with Crippen molar-refractivity contribution in [3.05, 3.63) is 71.3 Å². The van der Waals surface area contributed by atoms with Gasteiger partial charge in [0.1, 0.15) is 5.82 Å². The zero-order valence-electron chi connectivity index (χ0n) is 14.2. The standard InChI is InChI=1S/C19H18FN3OS/c1-12-18(19(24)21-15-6-10-17(25-3)11-7-15)13(2)23(22-12)16-8-4-14(20)5-9-16/h4-11H,1-3H3,(H,21,24). The number of hydrogen-bond acceptors (Lipinski definition) is 3. The summed E-state index contributed by atoms with van der Waals surface area (Å²) >= 11 is 1.65. The molecular formula is C19H18FN3OS. The van der Waals surface area contributed by atoms with Crippen molar-refractivity contribution in [1.29, 1.82) is 0 Å². The molecule has 0 saturated carbocycles. The number of halogens is 1. The number of hydrogen-bond donors (Lipinski definition) is 1. The number of carbonyl (C=O) groups is 1. The second-order valence-corrected chi connectivity index (χ2v) is 6.50. The van der Waals surface area contributed by atoms with Crippen molar-refractivity contribution < 1.29 is 9.18 Å². The molecule has 3 aromatic rings. The number of aryl methyl sites for hydroxylation is 1. The zero-order valence-corrected chi connectivity index (χ0v) is 15.0. The quantitative estimate of drug-likeness (QED) is 0.696. The average molecular weight is 355 g/mol. The van der Waals surface area contributed by atoms with Crippen molar-refractivity contribution >= 4 is 23.4 Å². The molecule has 0 atom stereocenters. The summed E-state index contributed by atoms with van der Waals surface area (Å²) in [6.07, 6.45) is 2.00. The Bertz CT molecular complexity index is 902. The molecular weight excluding hydrogens is 337 g/mol. The van der Waals surface area contributed by atoms with E-state index < -0.39 is 0 Å². The topological polar surface area (TPSA) is 46.9 Å². The summed E-state index contributed by atoms with van der Waals surface area (Å²) in [4.78, 5) is 13.8. The first-order valence-corrected chi connectivity index (χ1v) is 8.99. The van der Waals surface area contributed by atoms with Crippen LogP contribution in [0.25, 0.3) is 5.69 Å². The molecule has 25 heavy (non-hydrogen) atoms. The maximum atomic E-state index is 13.1. The van der Waals surface area contributed by atoms with Crippen molar-refractivity contribution in [3.8, 4) is 5.69 Å². The summed E-state index contributed by atoms with van der Waals surface area (Å²) in [5.74, 6) is -0.516. The number of thioether (sulfide) groups is 1. The van der Waals surface area contributed by atoms with E-state index in [1.807, 2.05) is 37.4 Å². The van der Waals surface area contributed by atoms with Gasteiger partial charge in [-0.1, -0.05) is 0 Å². The van der Waals surface area contributed by atoms with Gasteiger partial charge in [0, 0.05) is 10.6 Å². The molecule has 1 heterocycles. The lowest BCUT2D eigenvalue weighted by atomic mass is 10.1. The predicted octanol–water partition coefficient (Wildman–Crippen LogP) is 4.60. The van der Waals surface area contributed by atoms with Gasteiger partial charge in [-0.3, -0.25) is 4.79 Å². The van der Waals surface area contributed by atoms with E-state index in [4.69, 9.17) is 0 Å². The molecule has 0 spiro atoms. The molecule has 1 aromatic heterocycles. The summed E-state index contributed by atoms with van der Waals surface area (Å²) in [6, 6.07) is 13.7. The van der Waals surface area contributed by atoms with Gasteiger partial charge >= 0.3 is 0 Å². The van der Waals surface area contributed by atoms with E-state index in [-0.39, 0.29) is 11.7 Å². The van der Waals surface area contributed by atoms with Crippen molar-refractivity contribution in [1.82, 2.24) is 9.78 Å². The Hall–Kier alpha value is -2.60. The van der Waals surface area contributed by atoms with E-state index in [1.54, 1.807) is 35.5 Å². The average Bonchev–Trinajstić information content (AvgIpc) is 2.91. The minimum Gasteiger partial charge on any atom is -0.322 e. The molecule has 1 amide bonds. The minimum absolute atomic E-state index is 0.208. The summed E-state index contributed by atoms with van der Waals surface area (Å²) in [5.41, 5.74) is 3.31. The monoisotopic (exact) mass is 355 g/mol. The first kappa shape index (κ1) is 17.2. The van der Waals surface area contributed by atoms with Crippen LogP contribution in [0.5, 0.6) is 0 Å². The van der Waals surface area contributed by atoms with Gasteiger partial charge in [-0.25, -0.2) is 9.07 Å². The van der Waals surface area contributed by atoms with Gasteiger partial charge in [0.05, 0.1) is 22.6 Å². The van der Waals surface area contributed by atoms with Crippen LogP contribution in [0.2, 0.25) is 0 Å². The number of nitrogens with zero attached hydrogens (tertiary/aromatic N) is 2. The maximum absolute atomic E-state index is 13.1. The fraction of sp³-hybridized carbons (Fsp3) is 0.158. The number of amides is 1. The normalized spacial score (nSPS) is 10.7. The molecule has 0 aliphatic carbocycles. The highest BCUT2D eigenvalue weighted by atomic mass is 32.2. The van der Waals surface area contributed by atoms with Crippen LogP contribution in [0.4, 0.5) is 10.1 Å². The Morgan fingerprint density at radius 3 is 2.32 bits per heavy atom. The van der Waals surface area contributed by atoms with Crippen LogP contribution < -0.4 is 5.32 Å². The third kappa shape index (κ3) is 3.58. The fourth-order valence-corrected chi connectivity index (χ4v) is 3.08. The Balaban J connectivity index is 1.88. The third-order valence-corrected chi connectivity index (χ3v) is 4.68. The Morgan fingerprint density at radius 1 is 1.08 bits per heavy atom. The molecule has 4 nitrogen and oxygen atoms in total. The lowest BCUT2D eigenvalue weighted by Gasteiger charge is -2.07. The van der Waals surface area contributed by atoms with Crippen molar-refractivity contribution in [3.63, 3.8) is 0 Å². The lowest BCUT2D eigenvalue weighted by Crippen LogP contribution is -2.14. The van der Waals surface area contributed by atoms with Crippen molar-refractivity contribution in [2.75, 3.05) is 11.6 Å². The van der Waals surface area contributed by atoms with Gasteiger partial charge in [-0.05, 0) is 68.6 Å². The third-order valence-electron chi connectivity index (χ3n) is 3.94. The lowest BCUT2D eigenvalue weighted by molar-refractivity contribution is 0.102. The summed E-state index contributed by atoms with van der Waals surface area (Å²) in [7, 11) is 0. The minimum atomic E-state index is -0.308. The first-order valence-electron chi connectivity index (χ1n) is 7.77. The van der Waals surface area contributed by atoms with Crippen LogP contribution >= 0.6 is 11.8 Å². The molecule has 0 bridgehead atoms. The molecule has 1 N–H and O–H groups in total. The van der Waals surface area contributed by atoms with E-state index in [0.717, 1.165) is 10.6 Å². The Kier molecular flexibility index (Phi) is 4.90. The van der Waals surface area contributed by atoms with Gasteiger partial charge in [-0.15, -0.1) is 11.8 Å². The van der Waals surface area contributed by atoms with E-state index in [1.165, 1.54) is 12.1 Å². The molecule has 3 rings (SSSR count). The van der Waals surface area contributed by atoms with Crippen LogP contribution in [0.3, 0.4) is 0 Å². The molecule has 0 fully saturated rings. The van der Waals surface area contributed by atoms with Crippen molar-refractivity contribution in [2.45, 2.75) is 18.7 Å². The van der Waals surface area contributed by atoms with E-state index in [9.17, 15) is 9.18 Å². The smallest absolute Gasteiger partial charge is 0.259 e. The summed E-state index contributed by atoms with van der Waals surface area (Å²) < 4.78 is 14.8. The van der Waals surface area contributed by atoms with Gasteiger partial charge in [0.2, 0.25) is 0 Å². The van der Waals surface area contributed by atoms with Crippen molar-refractivity contribution in [2.24, 2.45) is 0 Å².